The van der Waals surface area contributed by atoms with Crippen molar-refractivity contribution in [1.82, 2.24) is 15.3 Å². The molecule has 0 aromatic carbocycles. The molecule has 4 heteroatoms. The highest BCUT2D eigenvalue weighted by atomic mass is 32.1. The minimum atomic E-state index is 0.143. The minimum absolute atomic E-state index is 0.143. The van der Waals surface area contributed by atoms with Crippen LogP contribution in [0.1, 0.15) is 23.0 Å². The van der Waals surface area contributed by atoms with Gasteiger partial charge in [0.2, 0.25) is 0 Å². The SMILES string of the molecule is CNC(c1ccc(C)nc1)c1cscn1. The van der Waals surface area contributed by atoms with E-state index < -0.39 is 0 Å². The molecule has 0 spiro atoms. The lowest BCUT2D eigenvalue weighted by atomic mass is 10.1. The quantitative estimate of drug-likeness (QED) is 0.859. The zero-order valence-corrected chi connectivity index (χ0v) is 9.58. The Balaban J connectivity index is 2.31. The van der Waals surface area contributed by atoms with E-state index in [-0.39, 0.29) is 6.04 Å². The summed E-state index contributed by atoms with van der Waals surface area (Å²) >= 11 is 1.61. The first-order chi connectivity index (χ1) is 7.31. The van der Waals surface area contributed by atoms with Gasteiger partial charge in [0.05, 0.1) is 17.2 Å². The number of nitrogens with one attached hydrogen (secondary N) is 1. The summed E-state index contributed by atoms with van der Waals surface area (Å²) in [6.07, 6.45) is 1.90. The maximum atomic E-state index is 4.31. The number of rotatable bonds is 3. The molecule has 0 aliphatic heterocycles. The molecule has 0 bridgehead atoms. The molecule has 1 atom stereocenters. The first-order valence-electron chi connectivity index (χ1n) is 4.79. The molecule has 0 saturated heterocycles. The number of thiazole rings is 1. The fourth-order valence-corrected chi connectivity index (χ4v) is 2.08. The Morgan fingerprint density at radius 2 is 2.20 bits per heavy atom. The van der Waals surface area contributed by atoms with Crippen molar-refractivity contribution in [3.05, 3.63) is 46.2 Å². The molecule has 2 rings (SSSR count). The van der Waals surface area contributed by atoms with Gasteiger partial charge in [0, 0.05) is 17.3 Å². The van der Waals surface area contributed by atoms with Gasteiger partial charge in [-0.05, 0) is 25.6 Å². The summed E-state index contributed by atoms with van der Waals surface area (Å²) in [7, 11) is 1.93. The lowest BCUT2D eigenvalue weighted by molar-refractivity contribution is 0.672. The van der Waals surface area contributed by atoms with Crippen LogP contribution in [0, 0.1) is 6.92 Å². The van der Waals surface area contributed by atoms with E-state index in [1.807, 2.05) is 31.7 Å². The largest absolute Gasteiger partial charge is 0.308 e. The molecule has 78 valence electrons. The molecular weight excluding hydrogens is 206 g/mol. The Morgan fingerprint density at radius 1 is 1.33 bits per heavy atom. The topological polar surface area (TPSA) is 37.8 Å². The molecule has 1 unspecified atom stereocenters. The number of hydrogen-bond acceptors (Lipinski definition) is 4. The summed E-state index contributed by atoms with van der Waals surface area (Å²) in [6.45, 7) is 1.99. The second-order valence-corrected chi connectivity index (χ2v) is 4.09. The van der Waals surface area contributed by atoms with Crippen LogP contribution in [0.25, 0.3) is 0 Å². The van der Waals surface area contributed by atoms with Crippen molar-refractivity contribution >= 4 is 11.3 Å². The normalized spacial score (nSPS) is 12.7. The van der Waals surface area contributed by atoms with Crippen molar-refractivity contribution in [3.63, 3.8) is 0 Å². The van der Waals surface area contributed by atoms with Gasteiger partial charge in [-0.15, -0.1) is 11.3 Å². The first-order valence-corrected chi connectivity index (χ1v) is 5.73. The second-order valence-electron chi connectivity index (χ2n) is 3.37. The van der Waals surface area contributed by atoms with Crippen LogP contribution in [0.3, 0.4) is 0 Å². The number of pyridine rings is 1. The van der Waals surface area contributed by atoms with E-state index in [1.54, 1.807) is 11.3 Å². The highest BCUT2D eigenvalue weighted by Crippen LogP contribution is 2.20. The lowest BCUT2D eigenvalue weighted by Gasteiger charge is -2.13. The molecule has 0 saturated carbocycles. The Kier molecular flexibility index (Phi) is 3.08. The average Bonchev–Trinajstić information content (AvgIpc) is 2.75. The summed E-state index contributed by atoms with van der Waals surface area (Å²) in [5, 5.41) is 5.30. The molecule has 2 aromatic rings. The van der Waals surface area contributed by atoms with Gasteiger partial charge < -0.3 is 5.32 Å². The van der Waals surface area contributed by atoms with Crippen LogP contribution in [0.5, 0.6) is 0 Å². The van der Waals surface area contributed by atoms with Gasteiger partial charge in [0.25, 0.3) is 0 Å². The minimum Gasteiger partial charge on any atom is -0.308 e. The van der Waals surface area contributed by atoms with Crippen molar-refractivity contribution in [2.45, 2.75) is 13.0 Å². The number of aromatic nitrogens is 2. The fourth-order valence-electron chi connectivity index (χ4n) is 1.50. The van der Waals surface area contributed by atoms with Gasteiger partial charge in [0.15, 0.2) is 0 Å². The molecule has 0 aliphatic rings. The standard InChI is InChI=1S/C11H13N3S/c1-8-3-4-9(5-13-8)11(12-2)10-6-15-7-14-10/h3-7,11-12H,1-2H3. The van der Waals surface area contributed by atoms with Crippen molar-refractivity contribution in [2.75, 3.05) is 7.05 Å². The van der Waals surface area contributed by atoms with E-state index in [0.717, 1.165) is 17.0 Å². The predicted molar refractivity (Wildman–Crippen MR) is 62.0 cm³/mol. The third kappa shape index (κ3) is 2.22. The highest BCUT2D eigenvalue weighted by Gasteiger charge is 2.13. The van der Waals surface area contributed by atoms with E-state index in [0.29, 0.717) is 0 Å². The molecule has 2 aromatic heterocycles. The Bertz CT molecular complexity index is 408. The van der Waals surface area contributed by atoms with E-state index in [4.69, 9.17) is 0 Å². The molecule has 0 fully saturated rings. The van der Waals surface area contributed by atoms with Gasteiger partial charge in [-0.1, -0.05) is 6.07 Å². The molecule has 2 heterocycles. The van der Waals surface area contributed by atoms with Crippen LogP contribution in [-0.2, 0) is 0 Å². The van der Waals surface area contributed by atoms with Crippen molar-refractivity contribution in [3.8, 4) is 0 Å². The van der Waals surface area contributed by atoms with Crippen molar-refractivity contribution in [1.29, 1.82) is 0 Å². The molecule has 0 amide bonds. The monoisotopic (exact) mass is 219 g/mol. The summed E-state index contributed by atoms with van der Waals surface area (Å²) in [5.74, 6) is 0. The van der Waals surface area contributed by atoms with E-state index in [1.165, 1.54) is 0 Å². The van der Waals surface area contributed by atoms with Crippen LogP contribution in [0.4, 0.5) is 0 Å². The van der Waals surface area contributed by atoms with Crippen LogP contribution in [0.15, 0.2) is 29.2 Å². The van der Waals surface area contributed by atoms with Gasteiger partial charge >= 0.3 is 0 Å². The van der Waals surface area contributed by atoms with Crippen LogP contribution in [-0.4, -0.2) is 17.0 Å². The summed E-state index contributed by atoms with van der Waals surface area (Å²) in [5.41, 5.74) is 5.08. The fraction of sp³-hybridized carbons (Fsp3) is 0.273. The lowest BCUT2D eigenvalue weighted by Crippen LogP contribution is -2.18. The highest BCUT2D eigenvalue weighted by molar-refractivity contribution is 7.07. The molecular formula is C11H13N3S. The Morgan fingerprint density at radius 3 is 2.73 bits per heavy atom. The van der Waals surface area contributed by atoms with E-state index >= 15 is 0 Å². The molecule has 0 radical (unpaired) electrons. The van der Waals surface area contributed by atoms with Crippen molar-refractivity contribution < 1.29 is 0 Å². The summed E-state index contributed by atoms with van der Waals surface area (Å²) in [4.78, 5) is 8.61. The zero-order chi connectivity index (χ0) is 10.7. The smallest absolute Gasteiger partial charge is 0.0795 e. The Hall–Kier alpha value is -1.26. The maximum Gasteiger partial charge on any atom is 0.0795 e. The molecule has 15 heavy (non-hydrogen) atoms. The van der Waals surface area contributed by atoms with Crippen LogP contribution in [0.2, 0.25) is 0 Å². The van der Waals surface area contributed by atoms with Crippen LogP contribution >= 0.6 is 11.3 Å². The van der Waals surface area contributed by atoms with Gasteiger partial charge in [-0.3, -0.25) is 4.98 Å². The Labute approximate surface area is 93.2 Å². The number of aryl methyl sites for hydroxylation is 1. The zero-order valence-electron chi connectivity index (χ0n) is 8.77. The first kappa shape index (κ1) is 10.3. The van der Waals surface area contributed by atoms with Gasteiger partial charge in [-0.25, -0.2) is 4.98 Å². The molecule has 0 aliphatic carbocycles. The van der Waals surface area contributed by atoms with Gasteiger partial charge in [-0.2, -0.15) is 0 Å². The third-order valence-corrected chi connectivity index (χ3v) is 2.91. The maximum absolute atomic E-state index is 4.31. The summed E-state index contributed by atoms with van der Waals surface area (Å²) < 4.78 is 0. The molecule has 3 nitrogen and oxygen atoms in total. The number of nitrogens with zero attached hydrogens (tertiary/aromatic N) is 2. The summed E-state index contributed by atoms with van der Waals surface area (Å²) in [6, 6.07) is 4.25. The van der Waals surface area contributed by atoms with Crippen LogP contribution < -0.4 is 5.32 Å². The van der Waals surface area contributed by atoms with Crippen molar-refractivity contribution in [2.24, 2.45) is 0 Å². The molecule has 1 N–H and O–H groups in total. The average molecular weight is 219 g/mol. The van der Waals surface area contributed by atoms with E-state index in [9.17, 15) is 0 Å². The predicted octanol–water partition coefficient (Wildman–Crippen LogP) is 2.16. The van der Waals surface area contributed by atoms with E-state index in [2.05, 4.69) is 26.7 Å². The number of hydrogen-bond donors (Lipinski definition) is 1. The van der Waals surface area contributed by atoms with Gasteiger partial charge in [0.1, 0.15) is 0 Å². The third-order valence-electron chi connectivity index (χ3n) is 2.30. The second kappa shape index (κ2) is 4.51.